The number of alkyl halides is 3. The number of nitrogen functional groups attached to an aromatic ring is 1. The first-order chi connectivity index (χ1) is 8.83. The van der Waals surface area contributed by atoms with Crippen LogP contribution in [0.25, 0.3) is 0 Å². The van der Waals surface area contributed by atoms with E-state index in [0.29, 0.717) is 11.4 Å². The summed E-state index contributed by atoms with van der Waals surface area (Å²) in [7, 11) is 1.41. The Morgan fingerprint density at radius 1 is 1.42 bits per heavy atom. The molecule has 0 aliphatic heterocycles. The van der Waals surface area contributed by atoms with Gasteiger partial charge in [-0.15, -0.1) is 0 Å². The minimum atomic E-state index is -4.20. The van der Waals surface area contributed by atoms with Gasteiger partial charge in [0.15, 0.2) is 0 Å². The fourth-order valence-corrected chi connectivity index (χ4v) is 1.45. The summed E-state index contributed by atoms with van der Waals surface area (Å²) in [5.41, 5.74) is 6.26. The van der Waals surface area contributed by atoms with Crippen molar-refractivity contribution in [3.05, 3.63) is 23.8 Å². The van der Waals surface area contributed by atoms with Gasteiger partial charge in [0.25, 0.3) is 5.91 Å². The van der Waals surface area contributed by atoms with Crippen LogP contribution in [-0.4, -0.2) is 25.7 Å². The maximum absolute atomic E-state index is 11.9. The number of carbonyl (C=O) groups excluding carboxylic acids is 1. The molecule has 0 heterocycles. The summed E-state index contributed by atoms with van der Waals surface area (Å²) >= 11 is 0. The second-order valence-electron chi connectivity index (χ2n) is 3.93. The lowest BCUT2D eigenvalue weighted by Gasteiger charge is -2.09. The van der Waals surface area contributed by atoms with Crippen molar-refractivity contribution in [2.45, 2.75) is 19.0 Å². The summed E-state index contributed by atoms with van der Waals surface area (Å²) in [5.74, 6) is -0.108. The Hall–Kier alpha value is -1.92. The average Bonchev–Trinajstić information content (AvgIpc) is 2.33. The first-order valence-corrected chi connectivity index (χ1v) is 5.62. The molecule has 0 fully saturated rings. The Bertz CT molecular complexity index is 447. The molecule has 0 aliphatic rings. The van der Waals surface area contributed by atoms with Gasteiger partial charge in [-0.3, -0.25) is 4.79 Å². The number of nitrogens with two attached hydrogens (primary N) is 1. The van der Waals surface area contributed by atoms with Crippen LogP contribution in [-0.2, 0) is 0 Å². The number of carbonyl (C=O) groups is 1. The molecule has 0 aliphatic carbocycles. The first-order valence-electron chi connectivity index (χ1n) is 5.62. The SMILES string of the molecule is COc1cc(C(=O)NCCCC(F)(F)F)ccc1N. The summed E-state index contributed by atoms with van der Waals surface area (Å²) in [6.45, 7) is -0.0367. The van der Waals surface area contributed by atoms with E-state index in [2.05, 4.69) is 5.32 Å². The molecular weight excluding hydrogens is 261 g/mol. The molecule has 0 aromatic heterocycles. The van der Waals surface area contributed by atoms with Crippen molar-refractivity contribution < 1.29 is 22.7 Å². The Kier molecular flexibility index (Phi) is 5.02. The lowest BCUT2D eigenvalue weighted by atomic mass is 10.1. The molecule has 1 rings (SSSR count). The van der Waals surface area contributed by atoms with E-state index in [-0.39, 0.29) is 18.5 Å². The number of benzene rings is 1. The number of ether oxygens (including phenoxy) is 1. The molecule has 0 bridgehead atoms. The first kappa shape index (κ1) is 15.1. The lowest BCUT2D eigenvalue weighted by Crippen LogP contribution is -2.25. The molecule has 0 spiro atoms. The number of hydrogen-bond acceptors (Lipinski definition) is 3. The lowest BCUT2D eigenvalue weighted by molar-refractivity contribution is -0.135. The highest BCUT2D eigenvalue weighted by atomic mass is 19.4. The van der Waals surface area contributed by atoms with Gasteiger partial charge in [-0.25, -0.2) is 0 Å². The summed E-state index contributed by atoms with van der Waals surface area (Å²) in [5, 5.41) is 2.41. The van der Waals surface area contributed by atoms with Crippen molar-refractivity contribution >= 4 is 11.6 Å². The molecule has 3 N–H and O–H groups in total. The highest BCUT2D eigenvalue weighted by Crippen LogP contribution is 2.22. The van der Waals surface area contributed by atoms with Crippen molar-refractivity contribution in [3.8, 4) is 5.75 Å². The predicted octanol–water partition coefficient (Wildman–Crippen LogP) is 2.35. The van der Waals surface area contributed by atoms with E-state index in [0.717, 1.165) is 0 Å². The fraction of sp³-hybridized carbons (Fsp3) is 0.417. The molecule has 106 valence electrons. The van der Waals surface area contributed by atoms with Gasteiger partial charge >= 0.3 is 6.18 Å². The van der Waals surface area contributed by atoms with Crippen molar-refractivity contribution in [2.75, 3.05) is 19.4 Å². The van der Waals surface area contributed by atoms with E-state index >= 15 is 0 Å². The molecule has 0 atom stereocenters. The van der Waals surface area contributed by atoms with Gasteiger partial charge in [0.05, 0.1) is 12.8 Å². The number of hydrogen-bond donors (Lipinski definition) is 2. The molecule has 7 heteroatoms. The van der Waals surface area contributed by atoms with Gasteiger partial charge in [0, 0.05) is 18.5 Å². The third-order valence-corrected chi connectivity index (χ3v) is 2.42. The Morgan fingerprint density at radius 2 is 2.11 bits per heavy atom. The Morgan fingerprint density at radius 3 is 2.68 bits per heavy atom. The number of halogens is 3. The van der Waals surface area contributed by atoms with Crippen LogP contribution in [0.15, 0.2) is 18.2 Å². The molecule has 4 nitrogen and oxygen atoms in total. The van der Waals surface area contributed by atoms with Crippen LogP contribution in [0.1, 0.15) is 23.2 Å². The predicted molar refractivity (Wildman–Crippen MR) is 65.0 cm³/mol. The van der Waals surface area contributed by atoms with Crippen molar-refractivity contribution in [1.82, 2.24) is 5.32 Å². The van der Waals surface area contributed by atoms with Crippen molar-refractivity contribution in [1.29, 1.82) is 0 Å². The Labute approximate surface area is 108 Å². The summed E-state index contributed by atoms with van der Waals surface area (Å²) in [6.07, 6.45) is -5.27. The van der Waals surface area contributed by atoms with Crippen LogP contribution in [0.5, 0.6) is 5.75 Å². The molecule has 0 radical (unpaired) electrons. The third kappa shape index (κ3) is 5.07. The van der Waals surface area contributed by atoms with Gasteiger partial charge in [-0.2, -0.15) is 13.2 Å². The van der Waals surface area contributed by atoms with Gasteiger partial charge in [0.2, 0.25) is 0 Å². The van der Waals surface area contributed by atoms with Crippen LogP contribution in [0.2, 0.25) is 0 Å². The van der Waals surface area contributed by atoms with E-state index in [1.54, 1.807) is 0 Å². The monoisotopic (exact) mass is 276 g/mol. The van der Waals surface area contributed by atoms with Gasteiger partial charge in [0.1, 0.15) is 5.75 Å². The molecule has 1 amide bonds. The average molecular weight is 276 g/mol. The molecule has 0 saturated heterocycles. The zero-order valence-electron chi connectivity index (χ0n) is 10.4. The van der Waals surface area contributed by atoms with Crippen LogP contribution in [0.3, 0.4) is 0 Å². The van der Waals surface area contributed by atoms with E-state index in [9.17, 15) is 18.0 Å². The zero-order chi connectivity index (χ0) is 14.5. The fourth-order valence-electron chi connectivity index (χ4n) is 1.45. The van der Waals surface area contributed by atoms with Crippen LogP contribution >= 0.6 is 0 Å². The normalized spacial score (nSPS) is 11.2. The number of nitrogens with one attached hydrogen (secondary N) is 1. The maximum atomic E-state index is 11.9. The van der Waals surface area contributed by atoms with Crippen LogP contribution < -0.4 is 15.8 Å². The third-order valence-electron chi connectivity index (χ3n) is 2.42. The summed E-state index contributed by atoms with van der Waals surface area (Å²) < 4.78 is 40.7. The highest BCUT2D eigenvalue weighted by Gasteiger charge is 2.26. The zero-order valence-corrected chi connectivity index (χ0v) is 10.4. The molecule has 19 heavy (non-hydrogen) atoms. The standard InChI is InChI=1S/C12H15F3N2O2/c1-19-10-7-8(3-4-9(10)16)11(18)17-6-2-5-12(13,14)15/h3-4,7H,2,5-6,16H2,1H3,(H,17,18). The topological polar surface area (TPSA) is 64.3 Å². The summed E-state index contributed by atoms with van der Waals surface area (Å²) in [6, 6.07) is 4.43. The van der Waals surface area contributed by atoms with E-state index in [1.807, 2.05) is 0 Å². The maximum Gasteiger partial charge on any atom is 0.389 e. The summed E-state index contributed by atoms with van der Waals surface area (Å²) in [4.78, 5) is 11.7. The molecular formula is C12H15F3N2O2. The largest absolute Gasteiger partial charge is 0.495 e. The van der Waals surface area contributed by atoms with Gasteiger partial charge < -0.3 is 15.8 Å². The quantitative estimate of drug-likeness (QED) is 0.641. The highest BCUT2D eigenvalue weighted by molar-refractivity contribution is 5.95. The number of amides is 1. The minimum Gasteiger partial charge on any atom is -0.495 e. The second kappa shape index (κ2) is 6.31. The van der Waals surface area contributed by atoms with Gasteiger partial charge in [-0.05, 0) is 24.6 Å². The smallest absolute Gasteiger partial charge is 0.389 e. The van der Waals surface area contributed by atoms with Crippen LogP contribution in [0.4, 0.5) is 18.9 Å². The molecule has 0 saturated carbocycles. The van der Waals surface area contributed by atoms with Crippen LogP contribution in [0, 0.1) is 0 Å². The molecule has 1 aromatic rings. The number of methoxy groups -OCH3 is 1. The molecule has 1 aromatic carbocycles. The molecule has 0 unspecified atom stereocenters. The van der Waals surface area contributed by atoms with Crippen molar-refractivity contribution in [3.63, 3.8) is 0 Å². The van der Waals surface area contributed by atoms with E-state index in [1.165, 1.54) is 25.3 Å². The Balaban J connectivity index is 2.50. The van der Waals surface area contributed by atoms with Gasteiger partial charge in [-0.1, -0.05) is 0 Å². The number of rotatable bonds is 5. The van der Waals surface area contributed by atoms with E-state index < -0.39 is 18.5 Å². The van der Waals surface area contributed by atoms with E-state index in [4.69, 9.17) is 10.5 Å². The second-order valence-corrected chi connectivity index (χ2v) is 3.93. The minimum absolute atomic E-state index is 0.0367. The number of anilines is 1. The van der Waals surface area contributed by atoms with Crippen molar-refractivity contribution in [2.24, 2.45) is 0 Å².